The molecular weight excluding hydrogens is 266 g/mol. The van der Waals surface area contributed by atoms with Gasteiger partial charge in [0, 0.05) is 17.3 Å². The molecular formula is C17H23NOS. The van der Waals surface area contributed by atoms with Crippen molar-refractivity contribution in [1.29, 1.82) is 0 Å². The van der Waals surface area contributed by atoms with Crippen molar-refractivity contribution in [3.63, 3.8) is 0 Å². The molecule has 2 nitrogen and oxygen atoms in total. The van der Waals surface area contributed by atoms with Crippen molar-refractivity contribution in [1.82, 2.24) is 0 Å². The van der Waals surface area contributed by atoms with Gasteiger partial charge in [0.25, 0.3) is 0 Å². The predicted molar refractivity (Wildman–Crippen MR) is 86.3 cm³/mol. The third-order valence-corrected chi connectivity index (χ3v) is 5.19. The van der Waals surface area contributed by atoms with E-state index < -0.39 is 0 Å². The van der Waals surface area contributed by atoms with E-state index in [1.54, 1.807) is 0 Å². The first kappa shape index (κ1) is 14.1. The number of hydrogen-bond acceptors (Lipinski definition) is 3. The van der Waals surface area contributed by atoms with Gasteiger partial charge >= 0.3 is 0 Å². The van der Waals surface area contributed by atoms with Crippen LogP contribution in [0.1, 0.15) is 37.7 Å². The highest BCUT2D eigenvalue weighted by Gasteiger charge is 2.16. The highest BCUT2D eigenvalue weighted by Crippen LogP contribution is 2.27. The van der Waals surface area contributed by atoms with E-state index in [0.29, 0.717) is 6.10 Å². The largest absolute Gasteiger partial charge is 0.378 e. The Morgan fingerprint density at radius 2 is 2.20 bits per heavy atom. The highest BCUT2D eigenvalue weighted by molar-refractivity contribution is 7.17. The van der Waals surface area contributed by atoms with Crippen molar-refractivity contribution in [3.8, 4) is 0 Å². The Labute approximate surface area is 124 Å². The number of benzene rings is 1. The molecule has 2 aromatic rings. The van der Waals surface area contributed by atoms with Gasteiger partial charge in [0.05, 0.1) is 6.10 Å². The van der Waals surface area contributed by atoms with Crippen LogP contribution in [-0.4, -0.2) is 18.8 Å². The van der Waals surface area contributed by atoms with E-state index in [4.69, 9.17) is 10.5 Å². The smallest absolute Gasteiger partial charge is 0.0575 e. The fraction of sp³-hybridized carbons (Fsp3) is 0.529. The first-order chi connectivity index (χ1) is 9.83. The number of nitrogens with two attached hydrogens (primary N) is 1. The molecule has 0 amide bonds. The number of fused-ring (bicyclic) bond motifs is 1. The molecule has 0 radical (unpaired) electrons. The fourth-order valence-electron chi connectivity index (χ4n) is 3.01. The molecule has 2 unspecified atom stereocenters. The summed E-state index contributed by atoms with van der Waals surface area (Å²) in [6, 6.07) is 8.85. The van der Waals surface area contributed by atoms with Crippen LogP contribution in [0.2, 0.25) is 0 Å². The second-order valence-electron chi connectivity index (χ2n) is 5.79. The molecule has 2 atom stereocenters. The SMILES string of the molecule is NC(CCC1CCCCO1)Cc1csc2ccccc12. The molecule has 2 heterocycles. The molecule has 3 heteroatoms. The van der Waals surface area contributed by atoms with Crippen LogP contribution in [0, 0.1) is 0 Å². The average Bonchev–Trinajstić information content (AvgIpc) is 2.90. The minimum atomic E-state index is 0.249. The summed E-state index contributed by atoms with van der Waals surface area (Å²) >= 11 is 1.82. The van der Waals surface area contributed by atoms with Crippen molar-refractivity contribution in [3.05, 3.63) is 35.2 Å². The van der Waals surface area contributed by atoms with Gasteiger partial charge in [-0.3, -0.25) is 0 Å². The van der Waals surface area contributed by atoms with Gasteiger partial charge in [-0.25, -0.2) is 0 Å². The zero-order valence-electron chi connectivity index (χ0n) is 11.9. The zero-order valence-corrected chi connectivity index (χ0v) is 12.7. The number of rotatable bonds is 5. The molecule has 1 aromatic carbocycles. The van der Waals surface area contributed by atoms with E-state index in [0.717, 1.165) is 25.9 Å². The summed E-state index contributed by atoms with van der Waals surface area (Å²) < 4.78 is 7.15. The van der Waals surface area contributed by atoms with Gasteiger partial charge < -0.3 is 10.5 Å². The second-order valence-corrected chi connectivity index (χ2v) is 6.70. The molecule has 3 rings (SSSR count). The molecule has 1 fully saturated rings. The Kier molecular flexibility index (Phi) is 4.71. The quantitative estimate of drug-likeness (QED) is 0.898. The molecule has 1 aliphatic heterocycles. The Morgan fingerprint density at radius 1 is 1.30 bits per heavy atom. The summed E-state index contributed by atoms with van der Waals surface area (Å²) in [7, 11) is 0. The normalized spacial score (nSPS) is 21.1. The topological polar surface area (TPSA) is 35.2 Å². The number of hydrogen-bond donors (Lipinski definition) is 1. The minimum Gasteiger partial charge on any atom is -0.378 e. The predicted octanol–water partition coefficient (Wildman–Crippen LogP) is 4.12. The molecule has 108 valence electrons. The molecule has 2 N–H and O–H groups in total. The monoisotopic (exact) mass is 289 g/mol. The van der Waals surface area contributed by atoms with E-state index >= 15 is 0 Å². The van der Waals surface area contributed by atoms with Crippen LogP contribution in [0.5, 0.6) is 0 Å². The Balaban J connectivity index is 1.54. The lowest BCUT2D eigenvalue weighted by Gasteiger charge is -2.23. The summed E-state index contributed by atoms with van der Waals surface area (Å²) in [5.41, 5.74) is 7.73. The molecule has 0 aliphatic carbocycles. The Bertz CT molecular complexity index is 545. The molecule has 0 spiro atoms. The molecule has 0 saturated carbocycles. The third kappa shape index (κ3) is 3.40. The summed E-state index contributed by atoms with van der Waals surface area (Å²) in [5, 5.41) is 3.64. The van der Waals surface area contributed by atoms with E-state index in [-0.39, 0.29) is 6.04 Å². The summed E-state index contributed by atoms with van der Waals surface area (Å²) in [6.45, 7) is 0.940. The number of ether oxygens (including phenoxy) is 1. The van der Waals surface area contributed by atoms with Crippen molar-refractivity contribution in [2.24, 2.45) is 5.73 Å². The van der Waals surface area contributed by atoms with Crippen LogP contribution in [0.4, 0.5) is 0 Å². The third-order valence-electron chi connectivity index (χ3n) is 4.18. The van der Waals surface area contributed by atoms with Crippen LogP contribution in [0.15, 0.2) is 29.6 Å². The summed E-state index contributed by atoms with van der Waals surface area (Å²) in [6.07, 6.45) is 7.37. The highest BCUT2D eigenvalue weighted by atomic mass is 32.1. The molecule has 0 bridgehead atoms. The lowest BCUT2D eigenvalue weighted by Crippen LogP contribution is -2.26. The van der Waals surface area contributed by atoms with Crippen LogP contribution < -0.4 is 5.73 Å². The molecule has 1 aliphatic rings. The summed E-state index contributed by atoms with van der Waals surface area (Å²) in [4.78, 5) is 0. The van der Waals surface area contributed by atoms with Gasteiger partial charge in [0.1, 0.15) is 0 Å². The van der Waals surface area contributed by atoms with E-state index in [2.05, 4.69) is 29.6 Å². The van der Waals surface area contributed by atoms with Gasteiger partial charge in [-0.05, 0) is 60.9 Å². The zero-order chi connectivity index (χ0) is 13.8. The standard InChI is InChI=1S/C17H23NOS/c18-14(8-9-15-5-3-4-10-19-15)11-13-12-20-17-7-2-1-6-16(13)17/h1-2,6-7,12,14-15H,3-5,8-11,18H2. The van der Waals surface area contributed by atoms with Crippen molar-refractivity contribution in [2.75, 3.05) is 6.61 Å². The van der Waals surface area contributed by atoms with Crippen molar-refractivity contribution in [2.45, 2.75) is 50.7 Å². The maximum absolute atomic E-state index is 6.32. The van der Waals surface area contributed by atoms with Gasteiger partial charge in [-0.1, -0.05) is 18.2 Å². The van der Waals surface area contributed by atoms with E-state index in [1.807, 2.05) is 11.3 Å². The number of thiophene rings is 1. The Hall–Kier alpha value is -0.900. The first-order valence-corrected chi connectivity index (χ1v) is 8.53. The van der Waals surface area contributed by atoms with Crippen LogP contribution in [0.3, 0.4) is 0 Å². The van der Waals surface area contributed by atoms with Gasteiger partial charge in [-0.2, -0.15) is 0 Å². The second kappa shape index (κ2) is 6.70. The molecule has 20 heavy (non-hydrogen) atoms. The van der Waals surface area contributed by atoms with Gasteiger partial charge in [0.2, 0.25) is 0 Å². The average molecular weight is 289 g/mol. The minimum absolute atomic E-state index is 0.249. The maximum atomic E-state index is 6.32. The molecule has 1 saturated heterocycles. The van der Waals surface area contributed by atoms with Gasteiger partial charge in [-0.15, -0.1) is 11.3 Å². The molecule has 1 aromatic heterocycles. The van der Waals surface area contributed by atoms with Crippen LogP contribution in [-0.2, 0) is 11.2 Å². The lowest BCUT2D eigenvalue weighted by molar-refractivity contribution is 0.00916. The Morgan fingerprint density at radius 3 is 3.05 bits per heavy atom. The van der Waals surface area contributed by atoms with Gasteiger partial charge in [0.15, 0.2) is 0 Å². The van der Waals surface area contributed by atoms with E-state index in [1.165, 1.54) is 34.9 Å². The first-order valence-electron chi connectivity index (χ1n) is 7.65. The van der Waals surface area contributed by atoms with Crippen LogP contribution >= 0.6 is 11.3 Å². The van der Waals surface area contributed by atoms with E-state index in [9.17, 15) is 0 Å². The lowest BCUT2D eigenvalue weighted by atomic mass is 9.98. The maximum Gasteiger partial charge on any atom is 0.0575 e. The van der Waals surface area contributed by atoms with Crippen molar-refractivity contribution >= 4 is 21.4 Å². The fourth-order valence-corrected chi connectivity index (χ4v) is 3.99. The van der Waals surface area contributed by atoms with Crippen molar-refractivity contribution < 1.29 is 4.74 Å². The van der Waals surface area contributed by atoms with Crippen LogP contribution in [0.25, 0.3) is 10.1 Å². The summed E-state index contributed by atoms with van der Waals surface area (Å²) in [5.74, 6) is 0.